The highest BCUT2D eigenvalue weighted by Gasteiger charge is 2.44. The van der Waals surface area contributed by atoms with Crippen molar-refractivity contribution in [3.8, 4) is 0 Å². The maximum atomic E-state index is 11.6. The molecule has 0 radical (unpaired) electrons. The second kappa shape index (κ2) is 13.7. The molecule has 4 heteroatoms. The van der Waals surface area contributed by atoms with E-state index < -0.39 is 14.2 Å². The molecule has 3 nitrogen and oxygen atoms in total. The number of aliphatic hydroxyl groups excluding tert-OH is 1. The van der Waals surface area contributed by atoms with Crippen LogP contribution in [0.4, 0.5) is 0 Å². The van der Waals surface area contributed by atoms with Crippen molar-refractivity contribution in [2.45, 2.75) is 71.6 Å². The zero-order chi connectivity index (χ0) is 27.7. The first-order valence-corrected chi connectivity index (χ1v) is 17.9. The lowest BCUT2D eigenvalue weighted by atomic mass is 9.87. The number of aryl methyl sites for hydroxylation is 1. The van der Waals surface area contributed by atoms with Crippen LogP contribution in [-0.2, 0) is 29.1 Å². The van der Waals surface area contributed by atoms with Crippen LogP contribution in [0.5, 0.6) is 0 Å². The minimum absolute atomic E-state index is 0.0949. The number of ether oxygens (including phenoxy) is 2. The lowest BCUT2D eigenvalue weighted by Crippen LogP contribution is -2.35. The van der Waals surface area contributed by atoms with E-state index in [1.54, 1.807) is 0 Å². The van der Waals surface area contributed by atoms with E-state index in [0.29, 0.717) is 32.3 Å². The monoisotopic (exact) mass is 542 g/mol. The van der Waals surface area contributed by atoms with Gasteiger partial charge in [-0.05, 0) is 48.3 Å². The Kier molecular flexibility index (Phi) is 10.4. The maximum Gasteiger partial charge on any atom is 0.0757 e. The van der Waals surface area contributed by atoms with Crippen LogP contribution < -0.4 is 0 Å². The van der Waals surface area contributed by atoms with E-state index in [4.69, 9.17) is 9.47 Å². The smallest absolute Gasteiger partial charge is 0.0757 e. The van der Waals surface area contributed by atoms with Gasteiger partial charge in [-0.25, -0.2) is 0 Å². The topological polar surface area (TPSA) is 38.7 Å². The van der Waals surface area contributed by atoms with Gasteiger partial charge in [-0.2, -0.15) is 0 Å². The highest BCUT2D eigenvalue weighted by molar-refractivity contribution is 6.83. The predicted molar refractivity (Wildman–Crippen MR) is 164 cm³/mol. The van der Waals surface area contributed by atoms with Crippen molar-refractivity contribution in [3.63, 3.8) is 0 Å². The average Bonchev–Trinajstić information content (AvgIpc) is 3.23. The molecule has 0 aromatic heterocycles. The Labute approximate surface area is 236 Å². The normalized spacial score (nSPS) is 19.2. The van der Waals surface area contributed by atoms with Gasteiger partial charge in [0, 0.05) is 5.41 Å². The van der Waals surface area contributed by atoms with Crippen molar-refractivity contribution in [3.05, 3.63) is 118 Å². The zero-order valence-electron chi connectivity index (χ0n) is 24.2. The van der Waals surface area contributed by atoms with Crippen LogP contribution in [0.3, 0.4) is 0 Å². The van der Waals surface area contributed by atoms with E-state index in [1.807, 2.05) is 12.1 Å². The number of benzene rings is 3. The molecule has 0 unspecified atom stereocenters. The van der Waals surface area contributed by atoms with Crippen molar-refractivity contribution < 1.29 is 14.6 Å². The second-order valence-electron chi connectivity index (χ2n) is 12.5. The first-order valence-electron chi connectivity index (χ1n) is 14.4. The van der Waals surface area contributed by atoms with Crippen molar-refractivity contribution in [2.75, 3.05) is 13.2 Å². The molecular formula is C35H46O3Si. The molecule has 0 heterocycles. The quantitative estimate of drug-likeness (QED) is 0.222. The fraction of sp³-hybridized carbons (Fsp3) is 0.429. The van der Waals surface area contributed by atoms with Gasteiger partial charge in [0.25, 0.3) is 0 Å². The van der Waals surface area contributed by atoms with Gasteiger partial charge >= 0.3 is 0 Å². The molecule has 1 fully saturated rings. The summed E-state index contributed by atoms with van der Waals surface area (Å²) in [5, 5.41) is 13.0. The minimum Gasteiger partial charge on any atom is -0.389 e. The molecule has 0 bridgehead atoms. The van der Waals surface area contributed by atoms with Gasteiger partial charge in [0.05, 0.1) is 40.6 Å². The SMILES string of the molecule is C[C@H]1CC(COCc2ccccc2)(COCc2ccccc2)C/C1=C(/[C@H](O)CCc1ccccc1)[Si](C)(C)C. The Balaban J connectivity index is 1.53. The van der Waals surface area contributed by atoms with Crippen LogP contribution in [0.1, 0.15) is 42.9 Å². The van der Waals surface area contributed by atoms with E-state index in [9.17, 15) is 5.11 Å². The highest BCUT2D eigenvalue weighted by atomic mass is 28.3. The molecule has 1 aliphatic carbocycles. The number of hydrogen-bond acceptors (Lipinski definition) is 3. The first kappa shape index (κ1) is 29.5. The second-order valence-corrected chi connectivity index (χ2v) is 17.5. The Morgan fingerprint density at radius 3 is 1.72 bits per heavy atom. The number of allylic oxidation sites excluding steroid dienone is 1. The molecule has 0 saturated heterocycles. The van der Waals surface area contributed by atoms with Crippen molar-refractivity contribution in [2.24, 2.45) is 11.3 Å². The predicted octanol–water partition coefficient (Wildman–Crippen LogP) is 8.00. The summed E-state index contributed by atoms with van der Waals surface area (Å²) in [6.07, 6.45) is 3.20. The summed E-state index contributed by atoms with van der Waals surface area (Å²) in [4.78, 5) is 0. The summed E-state index contributed by atoms with van der Waals surface area (Å²) >= 11 is 0. The molecule has 2 atom stereocenters. The van der Waals surface area contributed by atoms with Crippen molar-refractivity contribution >= 4 is 8.07 Å². The van der Waals surface area contributed by atoms with E-state index in [1.165, 1.54) is 27.5 Å². The Hall–Kier alpha value is -2.50. The molecule has 1 aliphatic rings. The maximum absolute atomic E-state index is 11.6. The fourth-order valence-electron chi connectivity index (χ4n) is 6.25. The van der Waals surface area contributed by atoms with Crippen LogP contribution in [0.25, 0.3) is 0 Å². The van der Waals surface area contributed by atoms with E-state index in [-0.39, 0.29) is 5.41 Å². The molecule has 39 heavy (non-hydrogen) atoms. The van der Waals surface area contributed by atoms with Crippen molar-refractivity contribution in [1.82, 2.24) is 0 Å². The molecule has 4 rings (SSSR count). The van der Waals surface area contributed by atoms with E-state index in [2.05, 4.69) is 105 Å². The molecule has 3 aromatic rings. The summed E-state index contributed by atoms with van der Waals surface area (Å²) in [6.45, 7) is 12.0. The van der Waals surface area contributed by atoms with E-state index >= 15 is 0 Å². The Bertz CT molecular complexity index is 1120. The molecule has 0 spiro atoms. The van der Waals surface area contributed by atoms with Crippen LogP contribution >= 0.6 is 0 Å². The van der Waals surface area contributed by atoms with Gasteiger partial charge in [0.2, 0.25) is 0 Å². The van der Waals surface area contributed by atoms with Crippen LogP contribution in [0.15, 0.2) is 102 Å². The third-order valence-electron chi connectivity index (χ3n) is 7.98. The summed E-state index contributed by atoms with van der Waals surface area (Å²) in [5.41, 5.74) is 5.04. The Morgan fingerprint density at radius 1 is 0.795 bits per heavy atom. The number of aliphatic hydroxyl groups is 1. The molecule has 3 aromatic carbocycles. The fourth-order valence-corrected chi connectivity index (χ4v) is 8.69. The zero-order valence-corrected chi connectivity index (χ0v) is 25.2. The first-order chi connectivity index (χ1) is 18.8. The van der Waals surface area contributed by atoms with Gasteiger partial charge < -0.3 is 14.6 Å². The minimum atomic E-state index is -1.78. The third kappa shape index (κ3) is 8.49. The van der Waals surface area contributed by atoms with Gasteiger partial charge in [0.1, 0.15) is 0 Å². The molecule has 1 saturated carbocycles. The van der Waals surface area contributed by atoms with Crippen molar-refractivity contribution in [1.29, 1.82) is 0 Å². The van der Waals surface area contributed by atoms with Crippen LogP contribution in [-0.4, -0.2) is 32.5 Å². The molecular weight excluding hydrogens is 496 g/mol. The highest BCUT2D eigenvalue weighted by Crippen LogP contribution is 2.49. The lowest BCUT2D eigenvalue weighted by Gasteiger charge is -2.31. The third-order valence-corrected chi connectivity index (χ3v) is 10.2. The summed E-state index contributed by atoms with van der Waals surface area (Å²) < 4.78 is 12.8. The lowest BCUT2D eigenvalue weighted by molar-refractivity contribution is -0.0304. The van der Waals surface area contributed by atoms with E-state index in [0.717, 1.165) is 25.7 Å². The molecule has 208 valence electrons. The largest absolute Gasteiger partial charge is 0.389 e. The van der Waals surface area contributed by atoms with Crippen LogP contribution in [0, 0.1) is 11.3 Å². The Morgan fingerprint density at radius 2 is 1.26 bits per heavy atom. The summed E-state index contributed by atoms with van der Waals surface area (Å²) in [5.74, 6) is 0.402. The summed E-state index contributed by atoms with van der Waals surface area (Å²) in [6, 6.07) is 31.3. The van der Waals surface area contributed by atoms with Gasteiger partial charge in [-0.1, -0.05) is 128 Å². The van der Waals surface area contributed by atoms with Gasteiger partial charge in [0.15, 0.2) is 0 Å². The summed E-state index contributed by atoms with van der Waals surface area (Å²) in [7, 11) is -1.78. The number of hydrogen-bond donors (Lipinski definition) is 1. The number of rotatable bonds is 13. The molecule has 0 amide bonds. The molecule has 0 aliphatic heterocycles. The average molecular weight is 543 g/mol. The standard InChI is InChI=1S/C35H46O3Si/c1-28-22-35(26-37-24-30-16-10-6-11-17-30,27-38-25-31-18-12-7-13-19-31)23-32(28)34(39(2,3)4)33(36)21-20-29-14-8-5-9-15-29/h5-19,28,33,36H,20-27H2,1-4H3/b34-32+/t28-,33+/m0/s1. The molecule has 1 N–H and O–H groups in total. The van der Waals surface area contributed by atoms with Gasteiger partial charge in [-0.15, -0.1) is 0 Å². The van der Waals surface area contributed by atoms with Gasteiger partial charge in [-0.3, -0.25) is 0 Å². The van der Waals surface area contributed by atoms with Crippen LogP contribution in [0.2, 0.25) is 19.6 Å².